The third-order valence-corrected chi connectivity index (χ3v) is 1.24. The van der Waals surface area contributed by atoms with Gasteiger partial charge in [0, 0.05) is 32.4 Å². The zero-order valence-corrected chi connectivity index (χ0v) is 7.31. The molecule has 0 unspecified atom stereocenters. The molecule has 42 valence electrons. The van der Waals surface area contributed by atoms with Crippen LogP contribution < -0.4 is 0 Å². The summed E-state index contributed by atoms with van der Waals surface area (Å²) in [6, 6.07) is 0. The van der Waals surface area contributed by atoms with Gasteiger partial charge in [-0.15, -0.1) is 0 Å². The summed E-state index contributed by atoms with van der Waals surface area (Å²) in [6.45, 7) is 1.45. The van der Waals surface area contributed by atoms with E-state index in [-0.39, 0.29) is 32.4 Å². The molecule has 2 N–H and O–H groups in total. The van der Waals surface area contributed by atoms with Crippen LogP contribution in [0.3, 0.4) is 0 Å². The summed E-state index contributed by atoms with van der Waals surface area (Å²) in [4.78, 5) is 15.9. The Morgan fingerprint density at radius 3 is 1.71 bits per heavy atom. The second-order valence-electron chi connectivity index (χ2n) is 0.981. The van der Waals surface area contributed by atoms with E-state index in [0.717, 1.165) is 0 Å². The molecule has 0 saturated heterocycles. The summed E-state index contributed by atoms with van der Waals surface area (Å²) < 4.78 is 9.69. The van der Waals surface area contributed by atoms with E-state index in [1.807, 2.05) is 0 Å². The zero-order chi connectivity index (χ0) is 5.21. The Morgan fingerprint density at radius 1 is 1.57 bits per heavy atom. The van der Waals surface area contributed by atoms with Gasteiger partial charge >= 0.3 is 7.60 Å². The van der Waals surface area contributed by atoms with Crippen LogP contribution in [0.15, 0.2) is 0 Å². The van der Waals surface area contributed by atoms with Crippen LogP contribution in [-0.2, 0) is 30.8 Å². The summed E-state index contributed by atoms with van der Waals surface area (Å²) in [7, 11) is -3.65. The first kappa shape index (κ1) is 10.9. The van der Waals surface area contributed by atoms with Crippen LogP contribution in [0.1, 0.15) is 6.92 Å². The van der Waals surface area contributed by atoms with Gasteiger partial charge in [-0.1, -0.05) is 6.92 Å². The van der Waals surface area contributed by atoms with Crippen molar-refractivity contribution < 1.29 is 40.6 Å². The molecular weight excluding hydrogens is 194 g/mol. The predicted molar refractivity (Wildman–Crippen MR) is 22.6 cm³/mol. The molecule has 0 bridgehead atoms. The Hall–Kier alpha value is 1.03. The Balaban J connectivity index is 0. The van der Waals surface area contributed by atoms with Crippen LogP contribution in [0.5, 0.6) is 0 Å². The molecule has 0 aliphatic carbocycles. The largest absolute Gasteiger partial charge is 0.325 e. The molecule has 0 heterocycles. The smallest absolute Gasteiger partial charge is 0.324 e. The van der Waals surface area contributed by atoms with E-state index in [0.29, 0.717) is 0 Å². The van der Waals surface area contributed by atoms with Crippen molar-refractivity contribution in [2.75, 3.05) is 6.16 Å². The quantitative estimate of drug-likeness (QED) is 0.595. The van der Waals surface area contributed by atoms with Gasteiger partial charge in [0.05, 0.1) is 0 Å². The molecule has 0 fully saturated rings. The van der Waals surface area contributed by atoms with E-state index in [2.05, 4.69) is 0 Å². The molecule has 0 amide bonds. The maximum atomic E-state index is 9.69. The predicted octanol–water partition coefficient (Wildman–Crippen LogP) is 0.181. The second-order valence-corrected chi connectivity index (χ2v) is 2.94. The van der Waals surface area contributed by atoms with Gasteiger partial charge in [0.15, 0.2) is 0 Å². The zero-order valence-electron chi connectivity index (χ0n) is 3.96. The van der Waals surface area contributed by atoms with Gasteiger partial charge in [-0.3, -0.25) is 4.57 Å². The topological polar surface area (TPSA) is 57.5 Å². The van der Waals surface area contributed by atoms with Crippen LogP contribution in [0.4, 0.5) is 0 Å². The Morgan fingerprint density at radius 2 is 1.71 bits per heavy atom. The van der Waals surface area contributed by atoms with Crippen LogP contribution in [-0.4, -0.2) is 15.9 Å². The van der Waals surface area contributed by atoms with Gasteiger partial charge < -0.3 is 9.79 Å². The fourth-order valence-electron chi connectivity index (χ4n) is 0. The molecule has 0 saturated carbocycles. The SMILES string of the molecule is CCP(=O)(O)O.[Zr]. The molecule has 7 heavy (non-hydrogen) atoms. The first-order chi connectivity index (χ1) is 2.56. The number of hydrogen-bond donors (Lipinski definition) is 2. The third kappa shape index (κ3) is 11.0. The maximum absolute atomic E-state index is 9.69. The van der Waals surface area contributed by atoms with E-state index in [9.17, 15) is 4.57 Å². The molecular formula is C2H7O3PZr. The van der Waals surface area contributed by atoms with E-state index < -0.39 is 7.60 Å². The van der Waals surface area contributed by atoms with Crippen molar-refractivity contribution in [3.05, 3.63) is 0 Å². The van der Waals surface area contributed by atoms with Crippen molar-refractivity contribution in [3.63, 3.8) is 0 Å². The van der Waals surface area contributed by atoms with Crippen molar-refractivity contribution in [1.82, 2.24) is 0 Å². The molecule has 0 atom stereocenters. The molecule has 0 radical (unpaired) electrons. The molecule has 0 aliphatic heterocycles. The normalized spacial score (nSPS) is 10.1. The van der Waals surface area contributed by atoms with Crippen LogP contribution in [0, 0.1) is 0 Å². The number of hydrogen-bond acceptors (Lipinski definition) is 1. The van der Waals surface area contributed by atoms with E-state index in [4.69, 9.17) is 9.79 Å². The molecule has 0 aliphatic rings. The van der Waals surface area contributed by atoms with Crippen LogP contribution in [0.2, 0.25) is 0 Å². The maximum Gasteiger partial charge on any atom is 0.325 e. The first-order valence-corrected chi connectivity index (χ1v) is 3.40. The third-order valence-electron chi connectivity index (χ3n) is 0.412. The Labute approximate surface area is 61.4 Å². The van der Waals surface area contributed by atoms with Gasteiger partial charge in [0.25, 0.3) is 0 Å². The van der Waals surface area contributed by atoms with E-state index in [1.54, 1.807) is 0 Å². The molecule has 0 aromatic carbocycles. The van der Waals surface area contributed by atoms with Crippen molar-refractivity contribution >= 4 is 7.60 Å². The van der Waals surface area contributed by atoms with E-state index >= 15 is 0 Å². The van der Waals surface area contributed by atoms with Gasteiger partial charge in [0.1, 0.15) is 0 Å². The second kappa shape index (κ2) is 3.97. The fourth-order valence-corrected chi connectivity index (χ4v) is 0. The van der Waals surface area contributed by atoms with E-state index in [1.165, 1.54) is 6.92 Å². The van der Waals surface area contributed by atoms with Crippen LogP contribution >= 0.6 is 7.60 Å². The molecule has 0 aromatic rings. The summed E-state index contributed by atoms with van der Waals surface area (Å²) in [5.41, 5.74) is 0. The fraction of sp³-hybridized carbons (Fsp3) is 1.00. The van der Waals surface area contributed by atoms with Gasteiger partial charge in [0.2, 0.25) is 0 Å². The summed E-state index contributed by atoms with van der Waals surface area (Å²) >= 11 is 0. The minimum atomic E-state index is -3.65. The molecule has 0 rings (SSSR count). The summed E-state index contributed by atoms with van der Waals surface area (Å²) in [5.74, 6) is 0. The molecule has 0 spiro atoms. The molecule has 0 aromatic heterocycles. The van der Waals surface area contributed by atoms with Crippen molar-refractivity contribution in [3.8, 4) is 0 Å². The van der Waals surface area contributed by atoms with Crippen molar-refractivity contribution in [1.29, 1.82) is 0 Å². The van der Waals surface area contributed by atoms with Crippen molar-refractivity contribution in [2.24, 2.45) is 0 Å². The summed E-state index contributed by atoms with van der Waals surface area (Å²) in [5, 5.41) is 0. The Bertz CT molecular complexity index is 77.0. The molecule has 5 heteroatoms. The van der Waals surface area contributed by atoms with Crippen molar-refractivity contribution in [2.45, 2.75) is 6.92 Å². The van der Waals surface area contributed by atoms with Gasteiger partial charge in [-0.2, -0.15) is 0 Å². The average molecular weight is 201 g/mol. The van der Waals surface area contributed by atoms with Gasteiger partial charge in [-0.25, -0.2) is 0 Å². The monoisotopic (exact) mass is 200 g/mol. The standard InChI is InChI=1S/C2H7O3P.Zr/c1-2-6(3,4)5;/h2H2,1H3,(H2,3,4,5);. The van der Waals surface area contributed by atoms with Crippen LogP contribution in [0.25, 0.3) is 0 Å². The minimum Gasteiger partial charge on any atom is -0.324 e. The number of rotatable bonds is 1. The average Bonchev–Trinajstić information content (AvgIpc) is 1.35. The first-order valence-electron chi connectivity index (χ1n) is 1.61. The Kier molecular flexibility index (Phi) is 6.19. The van der Waals surface area contributed by atoms with Gasteiger partial charge in [-0.05, 0) is 0 Å². The molecule has 3 nitrogen and oxygen atoms in total. The minimum absolute atomic E-state index is 0. The summed E-state index contributed by atoms with van der Waals surface area (Å²) in [6.07, 6.45) is -0.0625.